The Morgan fingerprint density at radius 2 is 0.886 bits per heavy atom. The van der Waals surface area contributed by atoms with Crippen molar-refractivity contribution in [3.05, 3.63) is 97.1 Å². The van der Waals surface area contributed by atoms with E-state index in [0.717, 1.165) is 0 Å². The summed E-state index contributed by atoms with van der Waals surface area (Å²) in [6.07, 6.45) is 0. The van der Waals surface area contributed by atoms with Crippen molar-refractivity contribution in [2.24, 2.45) is 0 Å². The largest absolute Gasteiger partial charge is 2.00 e. The minimum absolute atomic E-state index is 0. The van der Waals surface area contributed by atoms with E-state index < -0.39 is 22.2 Å². The van der Waals surface area contributed by atoms with E-state index >= 15 is 0 Å². The molecule has 0 heterocycles. The molecule has 0 amide bonds. The molecular formula is C26H30O4P2PtS2+2. The maximum atomic E-state index is 11.0. The molecule has 4 rings (SSSR count). The molecule has 0 saturated heterocycles. The number of benzene rings is 4. The molecule has 0 aliphatic rings. The predicted molar refractivity (Wildman–Crippen MR) is 151 cm³/mol. The zero-order chi connectivity index (χ0) is 25.1. The Hall–Kier alpha value is -1.09. The van der Waals surface area contributed by atoms with Gasteiger partial charge in [0.1, 0.15) is 0 Å². The first-order chi connectivity index (χ1) is 16.2. The Bertz CT molecular complexity index is 1130. The van der Waals surface area contributed by atoms with E-state index in [2.05, 4.69) is 87.3 Å². The van der Waals surface area contributed by atoms with Gasteiger partial charge in [-0.3, -0.25) is 8.42 Å². The topological polar surface area (TPSA) is 80.3 Å². The summed E-state index contributed by atoms with van der Waals surface area (Å²) < 4.78 is 44.0. The summed E-state index contributed by atoms with van der Waals surface area (Å²) in [6.45, 7) is 9.22. The minimum Gasteiger partial charge on any atom is -0.768 e. The Labute approximate surface area is 230 Å². The zero-order valence-electron chi connectivity index (χ0n) is 20.0. The van der Waals surface area contributed by atoms with Crippen LogP contribution in [0.1, 0.15) is 0 Å². The SMILES string of the molecule is C[PH+](C)c1ccccc1.C[PH+](C)c1ccccc1.O=S([O-])c1cccc2cccc(S(=O)[O-])c12.[Pt+2]. The van der Waals surface area contributed by atoms with Gasteiger partial charge in [-0.25, -0.2) is 0 Å². The van der Waals surface area contributed by atoms with Gasteiger partial charge in [0.25, 0.3) is 0 Å². The molecule has 4 nitrogen and oxygen atoms in total. The number of hydrogen-bond donors (Lipinski definition) is 0. The Morgan fingerprint density at radius 3 is 1.14 bits per heavy atom. The molecule has 0 aromatic heterocycles. The first kappa shape index (κ1) is 31.9. The maximum Gasteiger partial charge on any atom is 2.00 e. The van der Waals surface area contributed by atoms with Gasteiger partial charge in [0.15, 0.2) is 0 Å². The minimum atomic E-state index is -2.45. The van der Waals surface area contributed by atoms with Crippen LogP contribution in [-0.4, -0.2) is 44.2 Å². The monoisotopic (exact) mass is 727 g/mol. The standard InChI is InChI=1S/C10H8O4S2.2C8H11P.Pt/c11-15(12)8-5-1-3-7-4-2-6-9(10(7)8)16(13)14;2*1-9(2)8-6-4-3-5-7-8;/h1-6H,(H,11,12)(H,13,14);2*3-7H,1-2H3;/q;;;+2. The first-order valence-electron chi connectivity index (χ1n) is 10.6. The normalized spacial score (nSPS) is 12.0. The molecule has 0 fully saturated rings. The predicted octanol–water partition coefficient (Wildman–Crippen LogP) is 4.88. The molecular weight excluding hydrogens is 697 g/mol. The molecule has 0 bridgehead atoms. The summed E-state index contributed by atoms with van der Waals surface area (Å²) in [5.74, 6) is 0. The van der Waals surface area contributed by atoms with Crippen molar-refractivity contribution >= 4 is 59.4 Å². The fraction of sp³-hybridized carbons (Fsp3) is 0.154. The van der Waals surface area contributed by atoms with Crippen molar-refractivity contribution in [3.63, 3.8) is 0 Å². The Kier molecular flexibility index (Phi) is 15.2. The molecule has 2 atom stereocenters. The van der Waals surface area contributed by atoms with Crippen LogP contribution >= 0.6 is 15.8 Å². The average Bonchev–Trinajstić information content (AvgIpc) is 2.85. The molecule has 0 aliphatic carbocycles. The van der Waals surface area contributed by atoms with Gasteiger partial charge >= 0.3 is 21.1 Å². The van der Waals surface area contributed by atoms with Gasteiger partial charge in [-0.15, -0.1) is 0 Å². The summed E-state index contributed by atoms with van der Waals surface area (Å²) in [5.41, 5.74) is 0. The molecule has 0 N–H and O–H groups in total. The van der Waals surface area contributed by atoms with Gasteiger partial charge < -0.3 is 9.11 Å². The third-order valence-corrected chi connectivity index (χ3v) is 9.26. The average molecular weight is 728 g/mol. The maximum absolute atomic E-state index is 11.0. The van der Waals surface area contributed by atoms with Crippen LogP contribution in [-0.2, 0) is 43.2 Å². The van der Waals surface area contributed by atoms with Gasteiger partial charge in [0.2, 0.25) is 0 Å². The van der Waals surface area contributed by atoms with Gasteiger partial charge in [-0.05, 0) is 63.9 Å². The van der Waals surface area contributed by atoms with Crippen molar-refractivity contribution in [1.82, 2.24) is 0 Å². The fourth-order valence-electron chi connectivity index (χ4n) is 3.09. The molecule has 35 heavy (non-hydrogen) atoms. The molecule has 0 aliphatic heterocycles. The van der Waals surface area contributed by atoms with Gasteiger partial charge in [-0.1, -0.05) is 60.7 Å². The smallest absolute Gasteiger partial charge is 0.768 e. The summed E-state index contributed by atoms with van der Waals surface area (Å²) in [5, 5.41) is 3.86. The van der Waals surface area contributed by atoms with E-state index in [-0.39, 0.29) is 52.1 Å². The second kappa shape index (κ2) is 16.6. The Morgan fingerprint density at radius 1 is 0.543 bits per heavy atom. The summed E-state index contributed by atoms with van der Waals surface area (Å²) in [7, 11) is -0.424. The summed E-state index contributed by atoms with van der Waals surface area (Å²) in [4.78, 5) is -0.00500. The molecule has 4 aromatic rings. The molecule has 4 aromatic carbocycles. The summed E-state index contributed by atoms with van der Waals surface area (Å²) in [6, 6.07) is 30.6. The van der Waals surface area contributed by atoms with Crippen LogP contribution in [0.15, 0.2) is 107 Å². The van der Waals surface area contributed by atoms with Crippen molar-refractivity contribution in [3.8, 4) is 0 Å². The van der Waals surface area contributed by atoms with E-state index in [1.807, 2.05) is 0 Å². The molecule has 2 unspecified atom stereocenters. The number of fused-ring (bicyclic) bond motifs is 1. The van der Waals surface area contributed by atoms with E-state index in [4.69, 9.17) is 0 Å². The van der Waals surface area contributed by atoms with Gasteiger partial charge in [0.05, 0.1) is 37.3 Å². The molecule has 9 heteroatoms. The van der Waals surface area contributed by atoms with Crippen molar-refractivity contribution in [2.45, 2.75) is 9.79 Å². The quantitative estimate of drug-likeness (QED) is 0.222. The molecule has 0 saturated carbocycles. The van der Waals surface area contributed by atoms with Crippen molar-refractivity contribution < 1.29 is 38.6 Å². The third-order valence-electron chi connectivity index (χ3n) is 4.89. The van der Waals surface area contributed by atoms with Crippen LogP contribution < -0.4 is 10.6 Å². The summed E-state index contributed by atoms with van der Waals surface area (Å²) >= 11 is -4.91. The molecule has 0 spiro atoms. The molecule has 188 valence electrons. The molecule has 0 radical (unpaired) electrons. The van der Waals surface area contributed by atoms with E-state index in [9.17, 15) is 17.5 Å². The second-order valence-electron chi connectivity index (χ2n) is 7.81. The first-order valence-corrected chi connectivity index (χ1v) is 17.8. The zero-order valence-corrected chi connectivity index (χ0v) is 25.9. The van der Waals surface area contributed by atoms with Crippen molar-refractivity contribution in [2.75, 3.05) is 26.7 Å². The second-order valence-corrected chi connectivity index (χ2v) is 14.8. The number of rotatable bonds is 4. The van der Waals surface area contributed by atoms with Gasteiger partial charge in [0, 0.05) is 31.0 Å². The van der Waals surface area contributed by atoms with Crippen LogP contribution in [0.2, 0.25) is 0 Å². The number of hydrogen-bond acceptors (Lipinski definition) is 4. The Balaban J connectivity index is 0.000000278. The van der Waals surface area contributed by atoms with E-state index in [1.54, 1.807) is 24.3 Å². The van der Waals surface area contributed by atoms with Crippen LogP contribution in [0.25, 0.3) is 10.8 Å². The van der Waals surface area contributed by atoms with Gasteiger partial charge in [-0.2, -0.15) is 0 Å². The van der Waals surface area contributed by atoms with Crippen molar-refractivity contribution in [1.29, 1.82) is 0 Å². The van der Waals surface area contributed by atoms with Crippen LogP contribution in [0.4, 0.5) is 0 Å². The van der Waals surface area contributed by atoms with E-state index in [0.29, 0.717) is 5.39 Å². The van der Waals surface area contributed by atoms with E-state index in [1.165, 1.54) is 22.7 Å². The fourth-order valence-corrected chi connectivity index (χ4v) is 6.05. The van der Waals surface area contributed by atoms with Crippen LogP contribution in [0.3, 0.4) is 0 Å². The van der Waals surface area contributed by atoms with Crippen LogP contribution in [0.5, 0.6) is 0 Å². The van der Waals surface area contributed by atoms with Crippen LogP contribution in [0, 0.1) is 0 Å². The third kappa shape index (κ3) is 10.4.